The lowest BCUT2D eigenvalue weighted by Gasteiger charge is -2.10. The zero-order valence-electron chi connectivity index (χ0n) is 7.60. The maximum atomic E-state index is 8.77. The van der Waals surface area contributed by atoms with Crippen LogP contribution in [0.25, 0.3) is 0 Å². The largest absolute Gasteiger partial charge is 0.494 e. The number of halogens is 2. The van der Waals surface area contributed by atoms with Crippen molar-refractivity contribution in [2.45, 2.75) is 0 Å². The van der Waals surface area contributed by atoms with Crippen LogP contribution in [0.1, 0.15) is 5.56 Å². The molecule has 74 valence electrons. The highest BCUT2D eigenvalue weighted by atomic mass is 35.5. The first-order valence-corrected chi connectivity index (χ1v) is 4.41. The SMILES string of the molecule is COc1c(Cl)cc(C#N)c(OC)c1Cl. The van der Waals surface area contributed by atoms with E-state index in [1.54, 1.807) is 0 Å². The fourth-order valence-electron chi connectivity index (χ4n) is 1.05. The van der Waals surface area contributed by atoms with Crippen molar-refractivity contribution >= 4 is 23.2 Å². The van der Waals surface area contributed by atoms with Crippen molar-refractivity contribution in [3.8, 4) is 17.6 Å². The van der Waals surface area contributed by atoms with Gasteiger partial charge >= 0.3 is 0 Å². The van der Waals surface area contributed by atoms with E-state index in [1.807, 2.05) is 6.07 Å². The highest BCUT2D eigenvalue weighted by Gasteiger charge is 2.16. The van der Waals surface area contributed by atoms with E-state index in [4.69, 9.17) is 37.9 Å². The van der Waals surface area contributed by atoms with E-state index >= 15 is 0 Å². The Morgan fingerprint density at radius 3 is 2.21 bits per heavy atom. The van der Waals surface area contributed by atoms with Crippen LogP contribution in [0.2, 0.25) is 10.0 Å². The summed E-state index contributed by atoms with van der Waals surface area (Å²) in [5.74, 6) is 0.583. The van der Waals surface area contributed by atoms with Crippen molar-refractivity contribution in [3.05, 3.63) is 21.7 Å². The van der Waals surface area contributed by atoms with Gasteiger partial charge in [0.1, 0.15) is 11.1 Å². The average molecular weight is 232 g/mol. The lowest BCUT2D eigenvalue weighted by Crippen LogP contribution is -1.93. The molecule has 0 aliphatic heterocycles. The molecule has 14 heavy (non-hydrogen) atoms. The molecule has 1 rings (SSSR count). The molecule has 0 unspecified atom stereocenters. The van der Waals surface area contributed by atoms with E-state index in [2.05, 4.69) is 0 Å². The first-order valence-electron chi connectivity index (χ1n) is 3.65. The average Bonchev–Trinajstić information content (AvgIpc) is 2.17. The van der Waals surface area contributed by atoms with Crippen molar-refractivity contribution in [1.82, 2.24) is 0 Å². The monoisotopic (exact) mass is 231 g/mol. The zero-order valence-corrected chi connectivity index (χ0v) is 9.11. The molecular weight excluding hydrogens is 225 g/mol. The number of benzene rings is 1. The fraction of sp³-hybridized carbons (Fsp3) is 0.222. The molecule has 0 N–H and O–H groups in total. The zero-order chi connectivity index (χ0) is 10.7. The van der Waals surface area contributed by atoms with E-state index in [9.17, 15) is 0 Å². The fourth-order valence-corrected chi connectivity index (χ4v) is 1.74. The quantitative estimate of drug-likeness (QED) is 0.787. The molecule has 0 bridgehead atoms. The van der Waals surface area contributed by atoms with Crippen LogP contribution < -0.4 is 9.47 Å². The lowest BCUT2D eigenvalue weighted by molar-refractivity contribution is 0.394. The standard InChI is InChI=1S/C9H7Cl2NO2/c1-13-8-5(4-12)3-6(10)9(14-2)7(8)11/h3H,1-2H3. The Kier molecular flexibility index (Phi) is 3.45. The van der Waals surface area contributed by atoms with Gasteiger partial charge in [-0.3, -0.25) is 0 Å². The topological polar surface area (TPSA) is 42.2 Å². The number of nitrogens with zero attached hydrogens (tertiary/aromatic N) is 1. The Balaban J connectivity index is 3.49. The van der Waals surface area contributed by atoms with Crippen LogP contribution >= 0.6 is 23.2 Å². The second-order valence-electron chi connectivity index (χ2n) is 2.40. The van der Waals surface area contributed by atoms with Crippen molar-refractivity contribution in [3.63, 3.8) is 0 Å². The summed E-state index contributed by atoms with van der Waals surface area (Å²) in [6.07, 6.45) is 0. The predicted molar refractivity (Wildman–Crippen MR) is 54.3 cm³/mol. The van der Waals surface area contributed by atoms with Gasteiger partial charge < -0.3 is 9.47 Å². The minimum Gasteiger partial charge on any atom is -0.494 e. The molecule has 3 nitrogen and oxygen atoms in total. The molecule has 0 fully saturated rings. The first-order chi connectivity index (χ1) is 6.65. The van der Waals surface area contributed by atoms with Gasteiger partial charge in [-0.1, -0.05) is 23.2 Å². The van der Waals surface area contributed by atoms with Crippen molar-refractivity contribution in [2.75, 3.05) is 14.2 Å². The molecule has 0 aliphatic carbocycles. The first kappa shape index (κ1) is 11.0. The number of hydrogen-bond acceptors (Lipinski definition) is 3. The third-order valence-corrected chi connectivity index (χ3v) is 2.28. The smallest absolute Gasteiger partial charge is 0.159 e. The van der Waals surface area contributed by atoms with Gasteiger partial charge in [0, 0.05) is 0 Å². The van der Waals surface area contributed by atoms with Crippen LogP contribution in [-0.2, 0) is 0 Å². The van der Waals surface area contributed by atoms with E-state index in [0.29, 0.717) is 5.75 Å². The number of hydrogen-bond donors (Lipinski definition) is 0. The van der Waals surface area contributed by atoms with Crippen LogP contribution in [0.3, 0.4) is 0 Å². The second kappa shape index (κ2) is 4.41. The van der Waals surface area contributed by atoms with Gasteiger partial charge in [0.25, 0.3) is 0 Å². The normalized spacial score (nSPS) is 9.36. The summed E-state index contributed by atoms with van der Waals surface area (Å²) in [6, 6.07) is 3.38. The molecule has 0 saturated heterocycles. The molecule has 1 aromatic rings. The molecule has 0 aromatic heterocycles. The van der Waals surface area contributed by atoms with Gasteiger partial charge in [-0.25, -0.2) is 0 Å². The number of nitriles is 1. The highest BCUT2D eigenvalue weighted by Crippen LogP contribution is 2.41. The summed E-state index contributed by atoms with van der Waals surface area (Å²) in [5.41, 5.74) is 0.281. The molecule has 1 aromatic carbocycles. The maximum absolute atomic E-state index is 8.77. The highest BCUT2D eigenvalue weighted by molar-refractivity contribution is 6.38. The van der Waals surface area contributed by atoms with Gasteiger partial charge in [0.2, 0.25) is 0 Å². The van der Waals surface area contributed by atoms with Gasteiger partial charge in [0.05, 0.1) is 24.8 Å². The van der Waals surface area contributed by atoms with Crippen LogP contribution in [-0.4, -0.2) is 14.2 Å². The van der Waals surface area contributed by atoms with E-state index < -0.39 is 0 Å². The molecule has 0 saturated carbocycles. The van der Waals surface area contributed by atoms with Gasteiger partial charge in [0.15, 0.2) is 11.5 Å². The Morgan fingerprint density at radius 2 is 1.79 bits per heavy atom. The Morgan fingerprint density at radius 1 is 1.21 bits per heavy atom. The van der Waals surface area contributed by atoms with Crippen molar-refractivity contribution in [1.29, 1.82) is 5.26 Å². The Labute approximate surface area is 91.8 Å². The third-order valence-electron chi connectivity index (χ3n) is 1.66. The minimum atomic E-state index is 0.207. The molecule has 0 spiro atoms. The van der Waals surface area contributed by atoms with Crippen molar-refractivity contribution in [2.24, 2.45) is 0 Å². The number of ether oxygens (including phenoxy) is 2. The van der Waals surface area contributed by atoms with E-state index in [1.165, 1.54) is 20.3 Å². The molecule has 0 radical (unpaired) electrons. The lowest BCUT2D eigenvalue weighted by atomic mass is 10.2. The summed E-state index contributed by atoms with van der Waals surface area (Å²) in [6.45, 7) is 0. The van der Waals surface area contributed by atoms with Gasteiger partial charge in [-0.05, 0) is 6.07 Å². The summed E-state index contributed by atoms with van der Waals surface area (Å²) in [7, 11) is 2.87. The molecule has 0 atom stereocenters. The van der Waals surface area contributed by atoms with Crippen LogP contribution in [0.5, 0.6) is 11.5 Å². The van der Waals surface area contributed by atoms with E-state index in [0.717, 1.165) is 0 Å². The summed E-state index contributed by atoms with van der Waals surface area (Å²) in [5, 5.41) is 9.27. The molecule has 0 amide bonds. The van der Waals surface area contributed by atoms with Crippen LogP contribution in [0.15, 0.2) is 6.07 Å². The molecule has 0 heterocycles. The van der Waals surface area contributed by atoms with Crippen molar-refractivity contribution < 1.29 is 9.47 Å². The third kappa shape index (κ3) is 1.72. The maximum Gasteiger partial charge on any atom is 0.159 e. The summed E-state index contributed by atoms with van der Waals surface area (Å²) < 4.78 is 9.94. The predicted octanol–water partition coefficient (Wildman–Crippen LogP) is 2.88. The second-order valence-corrected chi connectivity index (χ2v) is 3.18. The van der Waals surface area contributed by atoms with E-state index in [-0.39, 0.29) is 21.4 Å². The number of rotatable bonds is 2. The Hall–Kier alpha value is -1.11. The van der Waals surface area contributed by atoms with Gasteiger partial charge in [-0.15, -0.1) is 0 Å². The summed E-state index contributed by atoms with van der Waals surface area (Å²) >= 11 is 11.7. The minimum absolute atomic E-state index is 0.207. The Bertz CT molecular complexity index is 399. The molecule has 0 aliphatic rings. The van der Waals surface area contributed by atoms with Gasteiger partial charge in [-0.2, -0.15) is 5.26 Å². The van der Waals surface area contributed by atoms with Crippen LogP contribution in [0, 0.1) is 11.3 Å². The molecule has 5 heteroatoms. The molecular formula is C9H7Cl2NO2. The number of methoxy groups -OCH3 is 2. The van der Waals surface area contributed by atoms with Crippen LogP contribution in [0.4, 0.5) is 0 Å². The summed E-state index contributed by atoms with van der Waals surface area (Å²) in [4.78, 5) is 0.